The summed E-state index contributed by atoms with van der Waals surface area (Å²) in [6.45, 7) is 8.30. The number of carbonyl (C=O) groups excluding carboxylic acids is 2. The molecule has 5 nitrogen and oxygen atoms in total. The summed E-state index contributed by atoms with van der Waals surface area (Å²) in [5, 5.41) is 0. The summed E-state index contributed by atoms with van der Waals surface area (Å²) >= 11 is 0. The highest BCUT2D eigenvalue weighted by Gasteiger charge is 2.55. The lowest BCUT2D eigenvalue weighted by Crippen LogP contribution is -2.41. The number of benzene rings is 1. The summed E-state index contributed by atoms with van der Waals surface area (Å²) in [7, 11) is 1.74. The minimum Gasteiger partial charge on any atom is -0.460 e. The maximum Gasteiger partial charge on any atom is 0.308 e. The monoisotopic (exact) mass is 520 g/mol. The first kappa shape index (κ1) is 26.8. The van der Waals surface area contributed by atoms with Crippen LogP contribution in [0.1, 0.15) is 105 Å². The second-order valence-electron chi connectivity index (χ2n) is 13.0. The summed E-state index contributed by atoms with van der Waals surface area (Å²) in [5.41, 5.74) is 4.11. The molecule has 38 heavy (non-hydrogen) atoms. The zero-order valence-corrected chi connectivity index (χ0v) is 23.4. The number of amides is 1. The lowest BCUT2D eigenvalue weighted by molar-refractivity contribution is -0.154. The fourth-order valence-electron chi connectivity index (χ4n) is 7.86. The van der Waals surface area contributed by atoms with Crippen molar-refractivity contribution in [3.63, 3.8) is 0 Å². The van der Waals surface area contributed by atoms with Gasteiger partial charge < -0.3 is 9.64 Å². The van der Waals surface area contributed by atoms with Gasteiger partial charge in [-0.15, -0.1) is 0 Å². The minimum absolute atomic E-state index is 0.0583. The van der Waals surface area contributed by atoms with E-state index in [2.05, 4.69) is 24.0 Å². The van der Waals surface area contributed by atoms with E-state index in [4.69, 9.17) is 4.74 Å². The highest BCUT2D eigenvalue weighted by Crippen LogP contribution is 2.65. The predicted octanol–water partition coefficient (Wildman–Crippen LogP) is 6.66. The van der Waals surface area contributed by atoms with Crippen molar-refractivity contribution in [1.82, 2.24) is 9.88 Å². The standard InChI is InChI=1S/C32H41FN2O3/c1-31(2,3)38-29(36)13-15-35(5)30(37)21-7-8-24-20(16-21)6-9-26-25(24)12-14-32(4)27(10-11-28(26)32)22-17-23(33)19-34-18-22/h7-8,16-19,25-28H,6,9-15H2,1-5H3/t25?,26?,27-,28?,32?/m1/s1. The Hall–Kier alpha value is -2.76. The Morgan fingerprint density at radius 3 is 2.66 bits per heavy atom. The third-order valence-electron chi connectivity index (χ3n) is 9.52. The van der Waals surface area contributed by atoms with Crippen molar-refractivity contribution < 1.29 is 18.7 Å². The molecular weight excluding hydrogens is 479 g/mol. The number of esters is 1. The fourth-order valence-corrected chi connectivity index (χ4v) is 7.86. The molecule has 204 valence electrons. The van der Waals surface area contributed by atoms with Gasteiger partial charge in [0.05, 0.1) is 12.6 Å². The van der Waals surface area contributed by atoms with Gasteiger partial charge in [0.15, 0.2) is 0 Å². The number of ether oxygens (including phenoxy) is 1. The first-order valence-electron chi connectivity index (χ1n) is 14.2. The van der Waals surface area contributed by atoms with Crippen LogP contribution in [-0.4, -0.2) is 41.0 Å². The van der Waals surface area contributed by atoms with Crippen LogP contribution in [0.25, 0.3) is 0 Å². The maximum atomic E-state index is 14.0. The van der Waals surface area contributed by atoms with E-state index >= 15 is 0 Å². The van der Waals surface area contributed by atoms with Crippen LogP contribution >= 0.6 is 0 Å². The molecule has 6 heteroatoms. The molecule has 3 aliphatic rings. The molecule has 1 heterocycles. The van der Waals surface area contributed by atoms with Gasteiger partial charge in [-0.2, -0.15) is 0 Å². The van der Waals surface area contributed by atoms with Crippen molar-refractivity contribution in [2.45, 2.75) is 90.1 Å². The summed E-state index contributed by atoms with van der Waals surface area (Å²) in [6.07, 6.45) is 10.0. The second kappa shape index (κ2) is 10.1. The summed E-state index contributed by atoms with van der Waals surface area (Å²) in [6, 6.07) is 7.93. The molecule has 4 unspecified atom stereocenters. The van der Waals surface area contributed by atoms with Gasteiger partial charge in [-0.3, -0.25) is 14.6 Å². The summed E-state index contributed by atoms with van der Waals surface area (Å²) in [4.78, 5) is 31.0. The van der Waals surface area contributed by atoms with Crippen molar-refractivity contribution in [2.24, 2.45) is 17.3 Å². The third-order valence-corrected chi connectivity index (χ3v) is 9.52. The molecular formula is C32H41FN2O3. The molecule has 1 amide bonds. The number of carbonyl (C=O) groups is 2. The van der Waals surface area contributed by atoms with E-state index in [0.717, 1.165) is 37.7 Å². The lowest BCUT2D eigenvalue weighted by Gasteiger charge is -2.51. The van der Waals surface area contributed by atoms with Gasteiger partial charge in [0.1, 0.15) is 11.4 Å². The molecule has 0 spiro atoms. The Bertz CT molecular complexity index is 1220. The molecule has 3 aliphatic carbocycles. The number of halogens is 1. The zero-order valence-electron chi connectivity index (χ0n) is 23.4. The van der Waals surface area contributed by atoms with Crippen LogP contribution in [0.3, 0.4) is 0 Å². The van der Waals surface area contributed by atoms with Gasteiger partial charge >= 0.3 is 5.97 Å². The van der Waals surface area contributed by atoms with Crippen LogP contribution in [0.4, 0.5) is 4.39 Å². The molecule has 0 bridgehead atoms. The molecule has 5 atom stereocenters. The van der Waals surface area contributed by atoms with Gasteiger partial charge in [0.2, 0.25) is 0 Å². The molecule has 1 aromatic carbocycles. The van der Waals surface area contributed by atoms with E-state index in [9.17, 15) is 14.0 Å². The molecule has 0 saturated heterocycles. The molecule has 2 aromatic rings. The van der Waals surface area contributed by atoms with E-state index in [0.29, 0.717) is 35.8 Å². The fraction of sp³-hybridized carbons (Fsp3) is 0.594. The van der Waals surface area contributed by atoms with E-state index in [1.807, 2.05) is 33.0 Å². The number of aryl methyl sites for hydroxylation is 1. The summed E-state index contributed by atoms with van der Waals surface area (Å²) < 4.78 is 19.3. The molecule has 0 radical (unpaired) electrons. The highest BCUT2D eigenvalue weighted by atomic mass is 19.1. The maximum absolute atomic E-state index is 14.0. The van der Waals surface area contributed by atoms with Crippen molar-refractivity contribution >= 4 is 11.9 Å². The SMILES string of the molecule is CN(CCC(=O)OC(C)(C)C)C(=O)c1ccc2c(c1)CCC1C2CCC2(C)C1CC[C@@H]2c1cncc(F)c1. The quantitative estimate of drug-likeness (QED) is 0.414. The Balaban J connectivity index is 1.27. The van der Waals surface area contributed by atoms with Gasteiger partial charge in [0.25, 0.3) is 5.91 Å². The first-order valence-corrected chi connectivity index (χ1v) is 14.2. The van der Waals surface area contributed by atoms with Crippen molar-refractivity contribution in [3.8, 4) is 0 Å². The van der Waals surface area contributed by atoms with Crippen LogP contribution in [-0.2, 0) is 16.0 Å². The first-order chi connectivity index (χ1) is 18.0. The van der Waals surface area contributed by atoms with Crippen molar-refractivity contribution in [1.29, 1.82) is 0 Å². The van der Waals surface area contributed by atoms with Gasteiger partial charge in [0, 0.05) is 25.4 Å². The number of rotatable bonds is 5. The van der Waals surface area contributed by atoms with Gasteiger partial charge in [-0.05, 0) is 123 Å². The Morgan fingerprint density at radius 1 is 1.13 bits per heavy atom. The third kappa shape index (κ3) is 5.11. The number of pyridine rings is 1. The Labute approximate surface area is 226 Å². The Morgan fingerprint density at radius 2 is 1.92 bits per heavy atom. The van der Waals surface area contributed by atoms with Crippen molar-refractivity contribution in [2.75, 3.05) is 13.6 Å². The normalized spacial score (nSPS) is 28.2. The van der Waals surface area contributed by atoms with Gasteiger partial charge in [-0.1, -0.05) is 13.0 Å². The molecule has 0 aliphatic heterocycles. The summed E-state index contributed by atoms with van der Waals surface area (Å²) in [5.74, 6) is 1.56. The average molecular weight is 521 g/mol. The molecule has 5 rings (SSSR count). The second-order valence-corrected chi connectivity index (χ2v) is 13.0. The number of hydrogen-bond donors (Lipinski definition) is 0. The largest absolute Gasteiger partial charge is 0.460 e. The van der Waals surface area contributed by atoms with E-state index < -0.39 is 5.60 Å². The highest BCUT2D eigenvalue weighted by molar-refractivity contribution is 5.94. The van der Waals surface area contributed by atoms with Crippen LogP contribution < -0.4 is 0 Å². The van der Waals surface area contributed by atoms with Crippen LogP contribution in [0.15, 0.2) is 36.7 Å². The smallest absolute Gasteiger partial charge is 0.308 e. The van der Waals surface area contributed by atoms with E-state index in [1.54, 1.807) is 18.0 Å². The number of fused-ring (bicyclic) bond motifs is 5. The van der Waals surface area contributed by atoms with Gasteiger partial charge in [-0.25, -0.2) is 4.39 Å². The molecule has 1 aromatic heterocycles. The number of aromatic nitrogens is 1. The predicted molar refractivity (Wildman–Crippen MR) is 145 cm³/mol. The average Bonchev–Trinajstić information content (AvgIpc) is 3.22. The van der Waals surface area contributed by atoms with Crippen LogP contribution in [0, 0.1) is 23.1 Å². The minimum atomic E-state index is -0.525. The molecule has 0 N–H and O–H groups in total. The topological polar surface area (TPSA) is 59.5 Å². The molecule has 2 fully saturated rings. The number of nitrogens with zero attached hydrogens (tertiary/aromatic N) is 2. The van der Waals surface area contributed by atoms with Crippen LogP contribution in [0.2, 0.25) is 0 Å². The Kier molecular flexibility index (Phi) is 7.12. The van der Waals surface area contributed by atoms with Crippen LogP contribution in [0.5, 0.6) is 0 Å². The van der Waals surface area contributed by atoms with E-state index in [1.165, 1.54) is 23.7 Å². The zero-order chi connectivity index (χ0) is 27.2. The lowest BCUT2D eigenvalue weighted by atomic mass is 9.53. The van der Waals surface area contributed by atoms with Crippen molar-refractivity contribution in [3.05, 3.63) is 64.7 Å². The molecule has 2 saturated carbocycles. The number of hydrogen-bond acceptors (Lipinski definition) is 4. The van der Waals surface area contributed by atoms with E-state index in [-0.39, 0.29) is 29.5 Å².